The topological polar surface area (TPSA) is 119 Å². The van der Waals surface area contributed by atoms with Crippen LogP contribution in [-0.4, -0.2) is 45.0 Å². The van der Waals surface area contributed by atoms with E-state index >= 15 is 0 Å². The van der Waals surface area contributed by atoms with E-state index in [4.69, 9.17) is 10.2 Å². The van der Waals surface area contributed by atoms with Gasteiger partial charge in [0.1, 0.15) is 5.76 Å². The lowest BCUT2D eigenvalue weighted by atomic mass is 9.92. The maximum atomic E-state index is 12.5. The molecule has 1 fully saturated rings. The van der Waals surface area contributed by atoms with Gasteiger partial charge in [-0.2, -0.15) is 0 Å². The number of nitrogens with two attached hydrogens (primary N) is 1. The number of nitrogens with one attached hydrogen (secondary N) is 1. The predicted octanol–water partition coefficient (Wildman–Crippen LogP) is 2.71. The molecule has 30 heavy (non-hydrogen) atoms. The van der Waals surface area contributed by atoms with Gasteiger partial charge in [0.2, 0.25) is 11.9 Å². The molecular formula is C20H30N6O3S. The highest BCUT2D eigenvalue weighted by atomic mass is 32.2. The van der Waals surface area contributed by atoms with Crippen LogP contribution < -0.4 is 16.0 Å². The van der Waals surface area contributed by atoms with Crippen molar-refractivity contribution in [2.75, 3.05) is 18.0 Å². The van der Waals surface area contributed by atoms with Gasteiger partial charge < -0.3 is 15.1 Å². The quantitative estimate of drug-likeness (QED) is 0.643. The normalized spacial score (nSPS) is 20.4. The number of carbonyl (C=O) groups excluding carboxylic acids is 2. The van der Waals surface area contributed by atoms with E-state index in [1.807, 2.05) is 30.5 Å². The fraction of sp³-hybridized carbons (Fsp3) is 0.600. The molecule has 3 amide bonds. The van der Waals surface area contributed by atoms with Gasteiger partial charge in [-0.1, -0.05) is 39.5 Å². The molecule has 3 rings (SSSR count). The highest BCUT2D eigenvalue weighted by Gasteiger charge is 2.31. The molecule has 9 nitrogen and oxygen atoms in total. The maximum absolute atomic E-state index is 12.5. The minimum Gasteiger partial charge on any atom is -0.467 e. The summed E-state index contributed by atoms with van der Waals surface area (Å²) in [6.07, 6.45) is 2.82. The third kappa shape index (κ3) is 5.35. The number of hydrogen-bond donors (Lipinski definition) is 2. The van der Waals surface area contributed by atoms with Gasteiger partial charge in [-0.3, -0.25) is 14.7 Å². The third-order valence-corrected chi connectivity index (χ3v) is 6.61. The van der Waals surface area contributed by atoms with Crippen LogP contribution in [-0.2, 0) is 11.3 Å². The Morgan fingerprint density at radius 1 is 1.30 bits per heavy atom. The summed E-state index contributed by atoms with van der Waals surface area (Å²) in [5.74, 6) is 2.19. The molecule has 1 aliphatic rings. The summed E-state index contributed by atoms with van der Waals surface area (Å²) in [6, 6.07) is 2.88. The van der Waals surface area contributed by atoms with Crippen molar-refractivity contribution in [3.63, 3.8) is 0 Å². The fourth-order valence-electron chi connectivity index (χ4n) is 3.92. The smallest absolute Gasteiger partial charge is 0.318 e. The first kappa shape index (κ1) is 22.2. The first-order valence-corrected chi connectivity index (χ1v) is 11.1. The Labute approximate surface area is 180 Å². The number of primary amides is 1. The van der Waals surface area contributed by atoms with E-state index in [1.165, 1.54) is 18.2 Å². The molecule has 0 radical (unpaired) electrons. The standard InChI is InChI=1S/C20H30N6O3S/c1-12(2)16(17(27)22-18(21)28)30-20-24-23-19(25-9-13(3)8-14(4)10-25)26(20)11-15-6-5-7-29-15/h5-7,12-14,16H,8-11H2,1-4H3,(H3,21,22,27,28)/t13-,14+,16-/m1/s1. The van der Waals surface area contributed by atoms with Crippen molar-refractivity contribution in [2.24, 2.45) is 23.5 Å². The van der Waals surface area contributed by atoms with E-state index in [-0.39, 0.29) is 5.92 Å². The van der Waals surface area contributed by atoms with Crippen molar-refractivity contribution in [3.05, 3.63) is 24.2 Å². The molecule has 0 spiro atoms. The molecule has 0 bridgehead atoms. The second-order valence-electron chi connectivity index (χ2n) is 8.44. The molecule has 1 aliphatic heterocycles. The van der Waals surface area contributed by atoms with Crippen LogP contribution in [0.1, 0.15) is 39.9 Å². The Hall–Kier alpha value is -2.49. The van der Waals surface area contributed by atoms with E-state index in [0.29, 0.717) is 23.5 Å². The van der Waals surface area contributed by atoms with Gasteiger partial charge in [0.15, 0.2) is 5.16 Å². The molecule has 1 saturated heterocycles. The van der Waals surface area contributed by atoms with Gasteiger partial charge in [-0.05, 0) is 36.3 Å². The van der Waals surface area contributed by atoms with Crippen LogP contribution in [0.15, 0.2) is 28.0 Å². The van der Waals surface area contributed by atoms with Crippen molar-refractivity contribution in [1.29, 1.82) is 0 Å². The van der Waals surface area contributed by atoms with Crippen molar-refractivity contribution >= 4 is 29.6 Å². The number of anilines is 1. The third-order valence-electron chi connectivity index (χ3n) is 5.09. The second kappa shape index (κ2) is 9.55. The molecule has 3 N–H and O–H groups in total. The van der Waals surface area contributed by atoms with E-state index in [2.05, 4.69) is 34.3 Å². The van der Waals surface area contributed by atoms with Crippen LogP contribution in [0, 0.1) is 17.8 Å². The Morgan fingerprint density at radius 2 is 2.00 bits per heavy atom. The summed E-state index contributed by atoms with van der Waals surface area (Å²) in [4.78, 5) is 25.9. The van der Waals surface area contributed by atoms with Crippen molar-refractivity contribution in [2.45, 2.75) is 51.1 Å². The van der Waals surface area contributed by atoms with Crippen LogP contribution in [0.3, 0.4) is 0 Å². The number of urea groups is 1. The summed E-state index contributed by atoms with van der Waals surface area (Å²) >= 11 is 1.28. The maximum Gasteiger partial charge on any atom is 0.318 e. The van der Waals surface area contributed by atoms with Crippen molar-refractivity contribution < 1.29 is 14.0 Å². The lowest BCUT2D eigenvalue weighted by Gasteiger charge is -2.35. The Kier molecular flexibility index (Phi) is 7.06. The number of amides is 3. The van der Waals surface area contributed by atoms with Gasteiger partial charge in [0.05, 0.1) is 18.1 Å². The SMILES string of the molecule is CC(C)[C@@H](Sc1nnc(N2C[C@H](C)C[C@H](C)C2)n1Cc1ccco1)C(=O)NC(N)=O. The summed E-state index contributed by atoms with van der Waals surface area (Å²) < 4.78 is 7.54. The molecule has 164 valence electrons. The number of rotatable bonds is 7. The number of imide groups is 1. The second-order valence-corrected chi connectivity index (χ2v) is 9.54. The number of aromatic nitrogens is 3. The highest BCUT2D eigenvalue weighted by molar-refractivity contribution is 8.00. The number of piperidine rings is 1. The minimum absolute atomic E-state index is 0.0402. The minimum atomic E-state index is -0.861. The molecule has 0 unspecified atom stereocenters. The highest BCUT2D eigenvalue weighted by Crippen LogP contribution is 2.32. The molecule has 3 heterocycles. The van der Waals surface area contributed by atoms with Crippen LogP contribution in [0.2, 0.25) is 0 Å². The molecular weight excluding hydrogens is 404 g/mol. The van der Waals surface area contributed by atoms with Gasteiger partial charge >= 0.3 is 6.03 Å². The first-order valence-electron chi connectivity index (χ1n) is 10.2. The zero-order chi connectivity index (χ0) is 21.8. The number of carbonyl (C=O) groups is 2. The largest absolute Gasteiger partial charge is 0.467 e. The molecule has 10 heteroatoms. The zero-order valence-electron chi connectivity index (χ0n) is 17.9. The van der Waals surface area contributed by atoms with E-state index in [0.717, 1.165) is 24.8 Å². The zero-order valence-corrected chi connectivity index (χ0v) is 18.7. The summed E-state index contributed by atoms with van der Waals surface area (Å²) in [5, 5.41) is 11.1. The molecule has 2 aromatic rings. The lowest BCUT2D eigenvalue weighted by Crippen LogP contribution is -2.42. The average Bonchev–Trinajstić information content (AvgIpc) is 3.28. The first-order chi connectivity index (χ1) is 14.2. The summed E-state index contributed by atoms with van der Waals surface area (Å²) in [5.41, 5.74) is 5.14. The molecule has 0 aliphatic carbocycles. The molecule has 0 aromatic carbocycles. The summed E-state index contributed by atoms with van der Waals surface area (Å²) in [7, 11) is 0. The fourth-order valence-corrected chi connectivity index (χ4v) is 4.95. The van der Waals surface area contributed by atoms with Crippen LogP contribution in [0.25, 0.3) is 0 Å². The number of nitrogens with zero attached hydrogens (tertiary/aromatic N) is 4. The average molecular weight is 435 g/mol. The monoisotopic (exact) mass is 434 g/mol. The molecule has 2 aromatic heterocycles. The molecule has 0 saturated carbocycles. The van der Waals surface area contributed by atoms with E-state index in [1.54, 1.807) is 6.26 Å². The van der Waals surface area contributed by atoms with Gasteiger partial charge in [-0.15, -0.1) is 10.2 Å². The number of hydrogen-bond acceptors (Lipinski definition) is 7. The van der Waals surface area contributed by atoms with Gasteiger partial charge in [-0.25, -0.2) is 4.79 Å². The van der Waals surface area contributed by atoms with Crippen molar-refractivity contribution in [3.8, 4) is 0 Å². The van der Waals surface area contributed by atoms with Crippen LogP contribution in [0.5, 0.6) is 0 Å². The van der Waals surface area contributed by atoms with Crippen LogP contribution in [0.4, 0.5) is 10.7 Å². The van der Waals surface area contributed by atoms with Gasteiger partial charge in [0, 0.05) is 13.1 Å². The van der Waals surface area contributed by atoms with E-state index < -0.39 is 17.2 Å². The number of thioether (sulfide) groups is 1. The Bertz CT molecular complexity index is 856. The van der Waals surface area contributed by atoms with E-state index in [9.17, 15) is 9.59 Å². The molecule has 3 atom stereocenters. The predicted molar refractivity (Wildman–Crippen MR) is 115 cm³/mol. The lowest BCUT2D eigenvalue weighted by molar-refractivity contribution is -0.120. The number of furan rings is 1. The van der Waals surface area contributed by atoms with Crippen LogP contribution >= 0.6 is 11.8 Å². The summed E-state index contributed by atoms with van der Waals surface area (Å²) in [6.45, 7) is 10.6. The van der Waals surface area contributed by atoms with Crippen molar-refractivity contribution in [1.82, 2.24) is 20.1 Å². The van der Waals surface area contributed by atoms with Gasteiger partial charge in [0.25, 0.3) is 0 Å². The Balaban J connectivity index is 1.92. The Morgan fingerprint density at radius 3 is 2.57 bits per heavy atom.